The second-order valence-electron chi connectivity index (χ2n) is 22.7. The van der Waals surface area contributed by atoms with Crippen molar-refractivity contribution in [2.45, 2.75) is 178 Å². The van der Waals surface area contributed by atoms with Crippen LogP contribution >= 0.6 is 11.8 Å². The number of esters is 1. The number of aryl methyl sites for hydroxylation is 1. The van der Waals surface area contributed by atoms with Crippen molar-refractivity contribution < 1.29 is 27.9 Å². The lowest BCUT2D eigenvalue weighted by atomic mass is 9.94. The molecular weight excluding hydrogens is 885 g/mol. The van der Waals surface area contributed by atoms with Gasteiger partial charge in [0, 0.05) is 24.3 Å². The predicted molar refractivity (Wildman–Crippen MR) is 286 cm³/mol. The molecular formula is C56H82O6SSi3. The molecule has 1 saturated heterocycles. The quantitative estimate of drug-likeness (QED) is 0.0378. The fraction of sp³-hybridized carbons (Fsp3) is 0.518. The number of carbonyl (C=O) groups excluding carboxylic acids is 1. The second-order valence-corrected chi connectivity index (χ2v) is 38.6. The number of hydrogen-bond donors (Lipinski definition) is 0. The normalized spacial score (nSPS) is 19.1. The highest BCUT2D eigenvalue weighted by Crippen LogP contribution is 2.45. The Morgan fingerprint density at radius 1 is 0.742 bits per heavy atom. The van der Waals surface area contributed by atoms with Crippen LogP contribution in [0.3, 0.4) is 0 Å². The van der Waals surface area contributed by atoms with Crippen molar-refractivity contribution in [2.75, 3.05) is 6.61 Å². The van der Waals surface area contributed by atoms with E-state index in [0.29, 0.717) is 18.6 Å². The highest BCUT2D eigenvalue weighted by molar-refractivity contribution is 7.99. The summed E-state index contributed by atoms with van der Waals surface area (Å²) in [5, 5.41) is 2.33. The Balaban J connectivity index is 1.49. The zero-order valence-corrected chi connectivity index (χ0v) is 47.0. The molecule has 1 aliphatic heterocycles. The molecule has 0 aromatic heterocycles. The first-order valence-corrected chi connectivity index (χ1v) is 33.6. The van der Waals surface area contributed by atoms with E-state index in [1.807, 2.05) is 32.9 Å². The summed E-state index contributed by atoms with van der Waals surface area (Å²) in [6.07, 6.45) is 4.90. The van der Waals surface area contributed by atoms with Gasteiger partial charge in [-0.1, -0.05) is 177 Å². The Labute approximate surface area is 407 Å². The molecule has 0 aliphatic carbocycles. The monoisotopic (exact) mass is 967 g/mol. The lowest BCUT2D eigenvalue weighted by Crippen LogP contribution is -2.67. The molecule has 4 aromatic carbocycles. The van der Waals surface area contributed by atoms with E-state index >= 15 is 0 Å². The van der Waals surface area contributed by atoms with E-state index in [2.05, 4.69) is 197 Å². The minimum atomic E-state index is -2.79. The highest BCUT2D eigenvalue weighted by atomic mass is 32.2. The minimum Gasteiger partial charge on any atom is -0.462 e. The Bertz CT molecular complexity index is 2140. The molecule has 0 radical (unpaired) electrons. The van der Waals surface area contributed by atoms with Crippen molar-refractivity contribution in [1.29, 1.82) is 0 Å². The van der Waals surface area contributed by atoms with Crippen LogP contribution in [0.5, 0.6) is 0 Å². The molecule has 2 unspecified atom stereocenters. The van der Waals surface area contributed by atoms with Crippen LogP contribution < -0.4 is 10.4 Å². The van der Waals surface area contributed by atoms with E-state index < -0.39 is 30.5 Å². The van der Waals surface area contributed by atoms with Crippen LogP contribution in [0.15, 0.2) is 126 Å². The van der Waals surface area contributed by atoms with E-state index in [-0.39, 0.29) is 51.6 Å². The zero-order chi connectivity index (χ0) is 48.7. The van der Waals surface area contributed by atoms with Crippen LogP contribution in [0, 0.1) is 12.8 Å². The molecule has 6 atom stereocenters. The molecule has 0 saturated carbocycles. The van der Waals surface area contributed by atoms with E-state index in [1.165, 1.54) is 10.4 Å². The number of benzene rings is 4. The zero-order valence-electron chi connectivity index (χ0n) is 43.2. The number of hydrogen-bond acceptors (Lipinski definition) is 7. The van der Waals surface area contributed by atoms with Gasteiger partial charge in [-0.3, -0.25) is 0 Å². The number of carbonyl (C=O) groups is 1. The smallest absolute Gasteiger partial charge is 0.338 e. The van der Waals surface area contributed by atoms with E-state index in [1.54, 1.807) is 11.8 Å². The topological polar surface area (TPSA) is 63.2 Å². The largest absolute Gasteiger partial charge is 0.462 e. The molecule has 4 aromatic rings. The maximum Gasteiger partial charge on any atom is 0.338 e. The predicted octanol–water partition coefficient (Wildman–Crippen LogP) is 14.2. The summed E-state index contributed by atoms with van der Waals surface area (Å²) < 4.78 is 34.8. The summed E-state index contributed by atoms with van der Waals surface area (Å²) >= 11 is 1.79. The van der Waals surface area contributed by atoms with Crippen molar-refractivity contribution in [2.24, 2.45) is 5.92 Å². The third-order valence-corrected chi connectivity index (χ3v) is 26.2. The molecule has 0 N–H and O–H groups in total. The third-order valence-electron chi connectivity index (χ3n) is 13.6. The molecule has 10 heteroatoms. The van der Waals surface area contributed by atoms with Gasteiger partial charge in [0.25, 0.3) is 8.32 Å². The first kappa shape index (κ1) is 53.9. The Hall–Kier alpha value is -3.07. The maximum absolute atomic E-state index is 14.0. The molecule has 360 valence electrons. The van der Waals surface area contributed by atoms with Gasteiger partial charge < -0.3 is 23.1 Å². The summed E-state index contributed by atoms with van der Waals surface area (Å²) in [4.78, 5) is 15.1. The van der Waals surface area contributed by atoms with E-state index in [9.17, 15) is 4.79 Å². The lowest BCUT2D eigenvalue weighted by molar-refractivity contribution is -0.152. The molecule has 0 amide bonds. The van der Waals surface area contributed by atoms with Crippen LogP contribution in [0.1, 0.15) is 109 Å². The van der Waals surface area contributed by atoms with Crippen LogP contribution in [0.4, 0.5) is 0 Å². The number of thioether (sulfide) groups is 1. The van der Waals surface area contributed by atoms with Crippen LogP contribution in [0.2, 0.25) is 48.9 Å². The third kappa shape index (κ3) is 13.8. The van der Waals surface area contributed by atoms with Gasteiger partial charge in [-0.25, -0.2) is 4.79 Å². The van der Waals surface area contributed by atoms with E-state index in [0.717, 1.165) is 28.5 Å². The Morgan fingerprint density at radius 3 is 1.83 bits per heavy atom. The van der Waals surface area contributed by atoms with Crippen LogP contribution in [0.25, 0.3) is 0 Å². The molecule has 5 rings (SSSR count). The maximum atomic E-state index is 14.0. The highest BCUT2D eigenvalue weighted by Gasteiger charge is 2.52. The average molecular weight is 968 g/mol. The van der Waals surface area contributed by atoms with Gasteiger partial charge in [-0.2, -0.15) is 0 Å². The van der Waals surface area contributed by atoms with E-state index in [4.69, 9.17) is 23.1 Å². The molecule has 1 aliphatic rings. The van der Waals surface area contributed by atoms with Gasteiger partial charge in [0.15, 0.2) is 14.1 Å². The Morgan fingerprint density at radius 2 is 1.30 bits per heavy atom. The van der Waals surface area contributed by atoms with Crippen molar-refractivity contribution in [1.82, 2.24) is 0 Å². The fourth-order valence-corrected chi connectivity index (χ4v) is 16.6. The number of rotatable bonds is 20. The summed E-state index contributed by atoms with van der Waals surface area (Å²) in [6.45, 7) is 36.4. The van der Waals surface area contributed by atoms with Crippen LogP contribution in [-0.4, -0.2) is 67.5 Å². The first-order chi connectivity index (χ1) is 30.7. The van der Waals surface area contributed by atoms with Crippen molar-refractivity contribution in [3.8, 4) is 0 Å². The van der Waals surface area contributed by atoms with Gasteiger partial charge in [-0.05, 0) is 109 Å². The minimum absolute atomic E-state index is 0.0302. The van der Waals surface area contributed by atoms with Crippen molar-refractivity contribution in [3.05, 3.63) is 138 Å². The van der Waals surface area contributed by atoms with Gasteiger partial charge in [0.05, 0.1) is 24.4 Å². The second kappa shape index (κ2) is 22.1. The first-order valence-electron chi connectivity index (χ1n) is 24.2. The van der Waals surface area contributed by atoms with Crippen LogP contribution in [-0.2, 0) is 23.1 Å². The standard InChI is InChI=1S/C56H82O6SSi3/c1-41(43(3)61-66(55(7,8)9,45-30-22-18-23-31-45)46-32-24-19-25-33-46)35-36-49(62-65(15,16)54(4,5)6)52-48(59-56(10,11)60-52)37-38-50(63-44-28-20-17-21-29-44)47-34-26-27-42(2)51(47)53(57)58-39-40-64(12,13)14/h17-36,41,43,48-50,52H,37-40H2,1-16H3/b36-35-/t41-,43-,48+,49?,50?,52-/m0/s1. The summed E-state index contributed by atoms with van der Waals surface area (Å²) in [5.74, 6) is -1.00. The summed E-state index contributed by atoms with van der Waals surface area (Å²) in [5.41, 5.74) is 2.60. The molecule has 1 heterocycles. The average Bonchev–Trinajstić information content (AvgIpc) is 3.55. The lowest BCUT2D eigenvalue weighted by Gasteiger charge is -2.45. The molecule has 0 spiro atoms. The van der Waals surface area contributed by atoms with Gasteiger partial charge in [0.1, 0.15) is 6.10 Å². The molecule has 6 nitrogen and oxygen atoms in total. The molecule has 0 bridgehead atoms. The summed E-state index contributed by atoms with van der Waals surface area (Å²) in [6, 6.07) is 39.4. The fourth-order valence-electron chi connectivity index (χ4n) is 8.63. The summed E-state index contributed by atoms with van der Waals surface area (Å²) in [7, 11) is -6.51. The van der Waals surface area contributed by atoms with Crippen molar-refractivity contribution >= 4 is 52.8 Å². The SMILES string of the molecule is Cc1cccc(C(CC[C@H]2OC(C)(C)O[C@@H]2C(/C=C\[C@H](C)[C@H](C)O[Si](c2ccccc2)(c2ccccc2)C(C)(C)C)O[Si](C)(C)C(C)(C)C)Sc2ccccc2)c1C(=O)OCC[Si](C)(C)C. The van der Waals surface area contributed by atoms with Gasteiger partial charge in [-0.15, -0.1) is 11.8 Å². The Kier molecular flexibility index (Phi) is 18.1. The van der Waals surface area contributed by atoms with Crippen molar-refractivity contribution in [3.63, 3.8) is 0 Å². The number of ether oxygens (including phenoxy) is 3. The van der Waals surface area contributed by atoms with Gasteiger partial charge in [0.2, 0.25) is 0 Å². The van der Waals surface area contributed by atoms with Gasteiger partial charge >= 0.3 is 5.97 Å². The molecule has 1 fully saturated rings. The molecule has 66 heavy (non-hydrogen) atoms.